The van der Waals surface area contributed by atoms with Gasteiger partial charge in [0.2, 0.25) is 5.91 Å². The molecule has 1 amide bonds. The Kier molecular flexibility index (Phi) is 6.88. The van der Waals surface area contributed by atoms with Gasteiger partial charge in [-0.1, -0.05) is 77.3 Å². The molecule has 4 nitrogen and oxygen atoms in total. The second kappa shape index (κ2) is 10.1. The summed E-state index contributed by atoms with van der Waals surface area (Å²) in [6.45, 7) is 2.00. The lowest BCUT2D eigenvalue weighted by molar-refractivity contribution is -0.123. The maximum Gasteiger partial charge on any atom is 0.229 e. The molecule has 4 aromatic rings. The van der Waals surface area contributed by atoms with Gasteiger partial charge in [0.05, 0.1) is 34.1 Å². The molecule has 35 heavy (non-hydrogen) atoms. The molecule has 1 aromatic heterocycles. The van der Waals surface area contributed by atoms with E-state index in [1.54, 1.807) is 12.1 Å². The molecule has 1 aliphatic rings. The third-order valence-corrected chi connectivity index (χ3v) is 7.28. The Hall–Kier alpha value is -2.79. The number of hydrogen-bond acceptors (Lipinski definition) is 2. The molecule has 1 N–H and O–H groups in total. The number of benzene rings is 3. The summed E-state index contributed by atoms with van der Waals surface area (Å²) in [5.74, 6) is -0.361. The quantitative estimate of drug-likeness (QED) is 0.289. The summed E-state index contributed by atoms with van der Waals surface area (Å²) in [4.78, 5) is 13.5. The largest absolute Gasteiger partial charge is 0.349 e. The first-order chi connectivity index (χ1) is 16.9. The van der Waals surface area contributed by atoms with Crippen molar-refractivity contribution >= 4 is 40.7 Å². The van der Waals surface area contributed by atoms with Gasteiger partial charge in [0, 0.05) is 21.2 Å². The van der Waals surface area contributed by atoms with Crippen LogP contribution >= 0.6 is 34.8 Å². The van der Waals surface area contributed by atoms with Crippen LogP contribution in [-0.2, 0) is 11.2 Å². The Labute approximate surface area is 219 Å². The standard InChI is InChI=1S/C28H24Cl3N3O/c1-17(18-6-3-2-4-7-18)32-28(35)23-9-5-8-22-26(23)33-34(25-15-14-21(30)16-24(25)31)27(22)19-10-12-20(29)13-11-19/h2-4,6-7,10-17,23H,5,8-9H2,1H3,(H,32,35)/t17-,23+/m1/s1. The SMILES string of the molecule is C[C@@H](NC(=O)[C@H]1CCCc2c1nn(-c1ccc(Cl)cc1Cl)c2-c1ccc(Cl)cc1)c1ccccc1. The zero-order valence-electron chi connectivity index (χ0n) is 19.1. The first-order valence-corrected chi connectivity index (χ1v) is 12.7. The predicted molar refractivity (Wildman–Crippen MR) is 143 cm³/mol. The fourth-order valence-corrected chi connectivity index (χ4v) is 5.35. The fraction of sp³-hybridized carbons (Fsp3) is 0.214. The number of fused-ring (bicyclic) bond motifs is 1. The van der Waals surface area contributed by atoms with E-state index in [-0.39, 0.29) is 17.9 Å². The summed E-state index contributed by atoms with van der Waals surface area (Å²) in [6.07, 6.45) is 2.47. The van der Waals surface area contributed by atoms with E-state index in [0.29, 0.717) is 20.8 Å². The van der Waals surface area contributed by atoms with E-state index in [4.69, 9.17) is 39.9 Å². The minimum atomic E-state index is -0.344. The average molecular weight is 525 g/mol. The van der Waals surface area contributed by atoms with E-state index in [1.165, 1.54) is 0 Å². The zero-order valence-corrected chi connectivity index (χ0v) is 21.4. The molecular weight excluding hydrogens is 501 g/mol. The van der Waals surface area contributed by atoms with Gasteiger partial charge in [-0.2, -0.15) is 5.10 Å². The first kappa shape index (κ1) is 23.9. The number of halogens is 3. The normalized spacial score (nSPS) is 15.9. The van der Waals surface area contributed by atoms with Crippen LogP contribution in [0.5, 0.6) is 0 Å². The third-order valence-electron chi connectivity index (χ3n) is 6.49. The molecule has 1 aliphatic carbocycles. The number of carbonyl (C=O) groups is 1. The summed E-state index contributed by atoms with van der Waals surface area (Å²) in [6, 6.07) is 22.9. The highest BCUT2D eigenvalue weighted by atomic mass is 35.5. The minimum absolute atomic E-state index is 0.0168. The summed E-state index contributed by atoms with van der Waals surface area (Å²) in [5, 5.41) is 9.88. The topological polar surface area (TPSA) is 46.9 Å². The summed E-state index contributed by atoms with van der Waals surface area (Å²) < 4.78 is 1.85. The lowest BCUT2D eigenvalue weighted by Gasteiger charge is -2.23. The van der Waals surface area contributed by atoms with Crippen molar-refractivity contribution in [3.63, 3.8) is 0 Å². The van der Waals surface area contributed by atoms with Crippen molar-refractivity contribution in [2.45, 2.75) is 38.1 Å². The van der Waals surface area contributed by atoms with Crippen LogP contribution < -0.4 is 5.32 Å². The number of nitrogens with zero attached hydrogens (tertiary/aromatic N) is 2. The van der Waals surface area contributed by atoms with Gasteiger partial charge in [0.1, 0.15) is 0 Å². The Balaban J connectivity index is 1.58. The highest BCUT2D eigenvalue weighted by Gasteiger charge is 2.34. The maximum absolute atomic E-state index is 13.5. The zero-order chi connectivity index (χ0) is 24.5. The summed E-state index contributed by atoms with van der Waals surface area (Å²) >= 11 is 18.9. The van der Waals surface area contributed by atoms with Crippen molar-refractivity contribution in [1.29, 1.82) is 0 Å². The lowest BCUT2D eigenvalue weighted by Crippen LogP contribution is -2.33. The van der Waals surface area contributed by atoms with Gasteiger partial charge < -0.3 is 5.32 Å². The smallest absolute Gasteiger partial charge is 0.229 e. The molecule has 0 fully saturated rings. The van der Waals surface area contributed by atoms with Crippen molar-refractivity contribution in [3.8, 4) is 16.9 Å². The van der Waals surface area contributed by atoms with Gasteiger partial charge in [0.25, 0.3) is 0 Å². The molecule has 1 heterocycles. The van der Waals surface area contributed by atoms with E-state index >= 15 is 0 Å². The van der Waals surface area contributed by atoms with E-state index in [0.717, 1.165) is 47.3 Å². The van der Waals surface area contributed by atoms with Crippen LogP contribution in [0.4, 0.5) is 0 Å². The van der Waals surface area contributed by atoms with Crippen LogP contribution in [-0.4, -0.2) is 15.7 Å². The molecule has 0 saturated carbocycles. The van der Waals surface area contributed by atoms with Crippen LogP contribution in [0.2, 0.25) is 15.1 Å². The molecule has 2 atom stereocenters. The average Bonchev–Trinajstić information content (AvgIpc) is 3.24. The molecule has 5 rings (SSSR count). The number of aromatic nitrogens is 2. The van der Waals surface area contributed by atoms with Crippen molar-refractivity contribution in [1.82, 2.24) is 15.1 Å². The molecule has 0 aliphatic heterocycles. The predicted octanol–water partition coefficient (Wildman–Crippen LogP) is 7.80. The van der Waals surface area contributed by atoms with Crippen molar-refractivity contribution in [3.05, 3.63) is 105 Å². The number of amides is 1. The Morgan fingerprint density at radius 3 is 2.43 bits per heavy atom. The molecule has 0 bridgehead atoms. The lowest BCUT2D eigenvalue weighted by atomic mass is 9.85. The van der Waals surface area contributed by atoms with Crippen molar-refractivity contribution in [2.24, 2.45) is 0 Å². The van der Waals surface area contributed by atoms with E-state index in [2.05, 4.69) is 5.32 Å². The van der Waals surface area contributed by atoms with Gasteiger partial charge in [-0.3, -0.25) is 4.79 Å². The van der Waals surface area contributed by atoms with Crippen LogP contribution in [0.25, 0.3) is 16.9 Å². The van der Waals surface area contributed by atoms with Crippen molar-refractivity contribution in [2.75, 3.05) is 0 Å². The van der Waals surface area contributed by atoms with Crippen LogP contribution in [0.3, 0.4) is 0 Å². The summed E-state index contributed by atoms with van der Waals surface area (Å²) in [5.41, 5.74) is 5.54. The van der Waals surface area contributed by atoms with Crippen LogP contribution in [0, 0.1) is 0 Å². The highest BCUT2D eigenvalue weighted by molar-refractivity contribution is 6.35. The van der Waals surface area contributed by atoms with Gasteiger partial charge in [0.15, 0.2) is 0 Å². The third kappa shape index (κ3) is 4.84. The van der Waals surface area contributed by atoms with Crippen LogP contribution in [0.1, 0.15) is 48.5 Å². The second-order valence-corrected chi connectivity index (χ2v) is 10.1. The number of nitrogens with one attached hydrogen (secondary N) is 1. The molecule has 178 valence electrons. The molecule has 7 heteroatoms. The molecule has 3 aromatic carbocycles. The van der Waals surface area contributed by atoms with Crippen molar-refractivity contribution < 1.29 is 4.79 Å². The van der Waals surface area contributed by atoms with Gasteiger partial charge in [-0.05, 0) is 62.1 Å². The van der Waals surface area contributed by atoms with E-state index < -0.39 is 0 Å². The molecule has 0 radical (unpaired) electrons. The fourth-order valence-electron chi connectivity index (χ4n) is 4.74. The molecule has 0 saturated heterocycles. The number of hydrogen-bond donors (Lipinski definition) is 1. The first-order valence-electron chi connectivity index (χ1n) is 11.6. The van der Waals surface area contributed by atoms with Gasteiger partial charge in [-0.15, -0.1) is 0 Å². The van der Waals surface area contributed by atoms with E-state index in [9.17, 15) is 4.79 Å². The second-order valence-electron chi connectivity index (χ2n) is 8.81. The monoisotopic (exact) mass is 523 g/mol. The number of carbonyl (C=O) groups excluding carboxylic acids is 1. The minimum Gasteiger partial charge on any atom is -0.349 e. The molecular formula is C28H24Cl3N3O. The maximum atomic E-state index is 13.5. The van der Waals surface area contributed by atoms with Crippen LogP contribution in [0.15, 0.2) is 72.8 Å². The van der Waals surface area contributed by atoms with Gasteiger partial charge in [-0.25, -0.2) is 4.68 Å². The molecule has 0 unspecified atom stereocenters. The van der Waals surface area contributed by atoms with Gasteiger partial charge >= 0.3 is 0 Å². The molecule has 0 spiro atoms. The highest BCUT2D eigenvalue weighted by Crippen LogP contribution is 2.40. The summed E-state index contributed by atoms with van der Waals surface area (Å²) in [7, 11) is 0. The number of rotatable bonds is 5. The Bertz CT molecular complexity index is 1370. The Morgan fingerprint density at radius 2 is 1.71 bits per heavy atom. The van der Waals surface area contributed by atoms with E-state index in [1.807, 2.05) is 72.3 Å². The Morgan fingerprint density at radius 1 is 1.00 bits per heavy atom.